The van der Waals surface area contributed by atoms with Crippen LogP contribution < -0.4 is 5.32 Å². The molecule has 1 fully saturated rings. The number of ether oxygens (including phenoxy) is 1. The molecule has 1 aliphatic heterocycles. The Bertz CT molecular complexity index is 217. The highest BCUT2D eigenvalue weighted by Gasteiger charge is 2.31. The highest BCUT2D eigenvalue weighted by atomic mass is 19.3. The number of hydrogen-bond acceptors (Lipinski definition) is 3. The summed E-state index contributed by atoms with van der Waals surface area (Å²) in [5.41, 5.74) is 0. The average molecular weight is 209 g/mol. The quantitative estimate of drug-likeness (QED) is 0.682. The fourth-order valence-electron chi connectivity index (χ4n) is 1.22. The Hall–Kier alpha value is -0.750. The predicted octanol–water partition coefficient (Wildman–Crippen LogP) is -0.0924. The summed E-state index contributed by atoms with van der Waals surface area (Å²) in [5, 5.41) is 11.5. The first-order valence-electron chi connectivity index (χ1n) is 4.31. The van der Waals surface area contributed by atoms with E-state index in [0.29, 0.717) is 6.92 Å². The molecule has 1 heterocycles. The lowest BCUT2D eigenvalue weighted by atomic mass is 10.2. The van der Waals surface area contributed by atoms with E-state index in [1.165, 1.54) is 0 Å². The largest absolute Gasteiger partial charge is 0.388 e. The van der Waals surface area contributed by atoms with Gasteiger partial charge in [-0.05, 0) is 6.92 Å². The molecule has 6 heteroatoms. The number of halogens is 2. The molecule has 14 heavy (non-hydrogen) atoms. The Morgan fingerprint density at radius 3 is 2.71 bits per heavy atom. The van der Waals surface area contributed by atoms with Crippen LogP contribution in [-0.4, -0.2) is 42.3 Å². The molecule has 2 atom stereocenters. The van der Waals surface area contributed by atoms with Crippen LogP contribution in [0.1, 0.15) is 13.3 Å². The highest BCUT2D eigenvalue weighted by molar-refractivity contribution is 5.77. The molecule has 0 aromatic heterocycles. The van der Waals surface area contributed by atoms with Gasteiger partial charge >= 0.3 is 0 Å². The monoisotopic (exact) mass is 209 g/mol. The summed E-state index contributed by atoms with van der Waals surface area (Å²) in [6.45, 7) is 0.976. The minimum absolute atomic E-state index is 0.132. The number of rotatable bonds is 3. The molecule has 1 rings (SSSR count). The zero-order valence-electron chi connectivity index (χ0n) is 7.80. The van der Waals surface area contributed by atoms with Crippen LogP contribution in [0.15, 0.2) is 0 Å². The van der Waals surface area contributed by atoms with Crippen molar-refractivity contribution in [2.45, 2.75) is 31.4 Å². The molecule has 4 nitrogen and oxygen atoms in total. The minimum atomic E-state index is -3.02. The minimum Gasteiger partial charge on any atom is -0.388 e. The van der Waals surface area contributed by atoms with Gasteiger partial charge in [0.15, 0.2) is 0 Å². The molecular weight excluding hydrogens is 196 g/mol. The third-order valence-electron chi connectivity index (χ3n) is 1.87. The summed E-state index contributed by atoms with van der Waals surface area (Å²) in [5.74, 6) is -3.79. The lowest BCUT2D eigenvalue weighted by Gasteiger charge is -2.16. The SMILES string of the molecule is CC(F)(F)CC(=O)NC1COCC1O. The number of aliphatic hydroxyl groups excluding tert-OH is 1. The number of carbonyl (C=O) groups excluding carboxylic acids is 1. The Balaban J connectivity index is 2.33. The van der Waals surface area contributed by atoms with E-state index in [2.05, 4.69) is 5.32 Å². The van der Waals surface area contributed by atoms with Crippen LogP contribution in [0.5, 0.6) is 0 Å². The second kappa shape index (κ2) is 4.18. The third-order valence-corrected chi connectivity index (χ3v) is 1.87. The Morgan fingerprint density at radius 1 is 1.64 bits per heavy atom. The molecular formula is C8H13F2NO3. The molecule has 0 bridgehead atoms. The number of hydrogen-bond donors (Lipinski definition) is 2. The maximum Gasteiger partial charge on any atom is 0.254 e. The first kappa shape index (κ1) is 11.3. The molecule has 1 aliphatic rings. The van der Waals surface area contributed by atoms with Gasteiger partial charge in [-0.3, -0.25) is 4.79 Å². The van der Waals surface area contributed by atoms with Crippen LogP contribution in [0, 0.1) is 0 Å². The van der Waals surface area contributed by atoms with Crippen molar-refractivity contribution >= 4 is 5.91 Å². The molecule has 82 valence electrons. The van der Waals surface area contributed by atoms with E-state index in [0.717, 1.165) is 0 Å². The Labute approximate surface area is 80.2 Å². The molecule has 0 saturated carbocycles. The second-order valence-corrected chi connectivity index (χ2v) is 3.53. The summed E-state index contributed by atoms with van der Waals surface area (Å²) in [6.07, 6.45) is -1.67. The maximum absolute atomic E-state index is 12.4. The van der Waals surface area contributed by atoms with E-state index in [1.54, 1.807) is 0 Å². The van der Waals surface area contributed by atoms with Gasteiger partial charge in [-0.25, -0.2) is 8.78 Å². The molecule has 1 saturated heterocycles. The first-order valence-corrected chi connectivity index (χ1v) is 4.31. The molecule has 0 radical (unpaired) electrons. The van der Waals surface area contributed by atoms with E-state index < -0.39 is 30.4 Å². The van der Waals surface area contributed by atoms with Crippen LogP contribution >= 0.6 is 0 Å². The van der Waals surface area contributed by atoms with Crippen LogP contribution in [0.3, 0.4) is 0 Å². The van der Waals surface area contributed by atoms with Gasteiger partial charge in [-0.15, -0.1) is 0 Å². The second-order valence-electron chi connectivity index (χ2n) is 3.53. The molecule has 2 unspecified atom stereocenters. The zero-order chi connectivity index (χ0) is 10.8. The van der Waals surface area contributed by atoms with Gasteiger partial charge in [0.2, 0.25) is 5.91 Å². The van der Waals surface area contributed by atoms with Gasteiger partial charge in [-0.2, -0.15) is 0 Å². The lowest BCUT2D eigenvalue weighted by Crippen LogP contribution is -2.43. The van der Waals surface area contributed by atoms with Crippen molar-refractivity contribution in [3.8, 4) is 0 Å². The topological polar surface area (TPSA) is 58.6 Å². The number of carbonyl (C=O) groups is 1. The van der Waals surface area contributed by atoms with Crippen molar-refractivity contribution in [1.82, 2.24) is 5.32 Å². The molecule has 2 N–H and O–H groups in total. The highest BCUT2D eigenvalue weighted by Crippen LogP contribution is 2.16. The summed E-state index contributed by atoms with van der Waals surface area (Å²) in [4.78, 5) is 11.0. The standard InChI is InChI=1S/C8H13F2NO3/c1-8(9,10)2-7(13)11-5-3-14-4-6(5)12/h5-6,12H,2-4H2,1H3,(H,11,13). The van der Waals surface area contributed by atoms with E-state index in [4.69, 9.17) is 4.74 Å². The molecule has 0 aromatic rings. The summed E-state index contributed by atoms with van der Waals surface area (Å²) < 4.78 is 29.6. The number of alkyl halides is 2. The normalized spacial score (nSPS) is 27.7. The van der Waals surface area contributed by atoms with Crippen molar-refractivity contribution in [2.24, 2.45) is 0 Å². The molecule has 0 aromatic carbocycles. The first-order chi connectivity index (χ1) is 6.38. The summed E-state index contributed by atoms with van der Waals surface area (Å²) in [7, 11) is 0. The van der Waals surface area contributed by atoms with Gasteiger partial charge in [0.05, 0.1) is 31.8 Å². The van der Waals surface area contributed by atoms with Crippen molar-refractivity contribution in [1.29, 1.82) is 0 Å². The zero-order valence-corrected chi connectivity index (χ0v) is 7.80. The average Bonchev–Trinajstić information content (AvgIpc) is 2.32. The van der Waals surface area contributed by atoms with Gasteiger partial charge in [-0.1, -0.05) is 0 Å². The number of aliphatic hydroxyl groups is 1. The fraction of sp³-hybridized carbons (Fsp3) is 0.875. The van der Waals surface area contributed by atoms with E-state index >= 15 is 0 Å². The van der Waals surface area contributed by atoms with Gasteiger partial charge in [0.25, 0.3) is 5.92 Å². The number of nitrogens with one attached hydrogen (secondary N) is 1. The predicted molar refractivity (Wildman–Crippen MR) is 44.0 cm³/mol. The summed E-state index contributed by atoms with van der Waals surface area (Å²) in [6, 6.07) is -0.565. The van der Waals surface area contributed by atoms with Crippen molar-refractivity contribution in [2.75, 3.05) is 13.2 Å². The molecule has 0 aliphatic carbocycles. The Morgan fingerprint density at radius 2 is 2.29 bits per heavy atom. The summed E-state index contributed by atoms with van der Waals surface area (Å²) >= 11 is 0. The fourth-order valence-corrected chi connectivity index (χ4v) is 1.22. The maximum atomic E-state index is 12.4. The van der Waals surface area contributed by atoms with Crippen LogP contribution in [0.25, 0.3) is 0 Å². The van der Waals surface area contributed by atoms with Gasteiger partial charge < -0.3 is 15.2 Å². The Kier molecular flexibility index (Phi) is 3.38. The van der Waals surface area contributed by atoms with E-state index in [9.17, 15) is 18.7 Å². The van der Waals surface area contributed by atoms with Crippen molar-refractivity contribution in [3.05, 3.63) is 0 Å². The van der Waals surface area contributed by atoms with Crippen molar-refractivity contribution < 1.29 is 23.4 Å². The van der Waals surface area contributed by atoms with E-state index in [1.807, 2.05) is 0 Å². The van der Waals surface area contributed by atoms with Crippen molar-refractivity contribution in [3.63, 3.8) is 0 Å². The molecule has 0 spiro atoms. The lowest BCUT2D eigenvalue weighted by molar-refractivity contribution is -0.128. The third kappa shape index (κ3) is 3.55. The van der Waals surface area contributed by atoms with Crippen LogP contribution in [-0.2, 0) is 9.53 Å². The van der Waals surface area contributed by atoms with Gasteiger partial charge in [0, 0.05) is 0 Å². The molecule has 1 amide bonds. The van der Waals surface area contributed by atoms with Gasteiger partial charge in [0.1, 0.15) is 0 Å². The van der Waals surface area contributed by atoms with E-state index in [-0.39, 0.29) is 13.2 Å². The smallest absolute Gasteiger partial charge is 0.254 e. The van der Waals surface area contributed by atoms with Crippen LogP contribution in [0.2, 0.25) is 0 Å². The number of amides is 1. The van der Waals surface area contributed by atoms with Crippen LogP contribution in [0.4, 0.5) is 8.78 Å².